The number of pyridine rings is 1. The number of oxazole rings is 1. The van der Waals surface area contributed by atoms with E-state index in [0.29, 0.717) is 45.1 Å². The molecule has 0 aliphatic carbocycles. The Morgan fingerprint density at radius 3 is 2.42 bits per heavy atom. The van der Waals surface area contributed by atoms with Crippen LogP contribution in [-0.4, -0.2) is 71.2 Å². The molecule has 13 heteroatoms. The van der Waals surface area contributed by atoms with Crippen molar-refractivity contribution in [2.24, 2.45) is 17.8 Å². The van der Waals surface area contributed by atoms with Gasteiger partial charge in [0.2, 0.25) is 5.76 Å². The van der Waals surface area contributed by atoms with Crippen molar-refractivity contribution in [3.05, 3.63) is 29.8 Å². The number of rotatable bonds is 4. The van der Waals surface area contributed by atoms with Gasteiger partial charge in [-0.3, -0.25) is 4.79 Å². The molecule has 10 nitrogen and oxygen atoms in total. The summed E-state index contributed by atoms with van der Waals surface area (Å²) in [5, 5.41) is 11.6. The molecule has 5 rings (SSSR count). The van der Waals surface area contributed by atoms with Gasteiger partial charge in [0.15, 0.2) is 5.69 Å². The maximum Gasteiger partial charge on any atom is 0.437 e. The lowest BCUT2D eigenvalue weighted by Gasteiger charge is -2.29. The molecule has 2 amide bonds. The number of hydrogen-bond acceptors (Lipinski definition) is 7. The van der Waals surface area contributed by atoms with Gasteiger partial charge in [-0.05, 0) is 30.9 Å². The molecule has 3 aliphatic rings. The molecule has 3 aliphatic heterocycles. The third kappa shape index (κ3) is 4.78. The topological polar surface area (TPSA) is 115 Å². The minimum Gasteiger partial charge on any atom is -0.465 e. The van der Waals surface area contributed by atoms with Crippen LogP contribution in [0, 0.1) is 17.8 Å². The lowest BCUT2D eigenvalue weighted by atomic mass is 10.0. The third-order valence-corrected chi connectivity index (χ3v) is 7.10. The van der Waals surface area contributed by atoms with Gasteiger partial charge in [-0.1, -0.05) is 6.92 Å². The number of piperidine rings is 1. The quantitative estimate of drug-likeness (QED) is 0.644. The van der Waals surface area contributed by atoms with Crippen LogP contribution in [0.2, 0.25) is 0 Å². The largest absolute Gasteiger partial charge is 0.465 e. The molecule has 0 spiro atoms. The standard InChI is InChI=1S/C23H27F3N6O4/c1-13-3-2-6-30(8-13)21-29-19(23(24,25)26)18(36-21)20(33)28-16-4-5-17(27-7-16)31-9-14-11-32(22(34)35)12-15(14)10-31/h4-5,7,13-15H,2-3,6,8-12H2,1H3,(H,28,33)(H,34,35). The van der Waals surface area contributed by atoms with E-state index in [1.54, 1.807) is 17.0 Å². The Morgan fingerprint density at radius 2 is 1.83 bits per heavy atom. The monoisotopic (exact) mass is 508 g/mol. The Hall–Kier alpha value is -3.51. The van der Waals surface area contributed by atoms with Crippen LogP contribution in [0.3, 0.4) is 0 Å². The highest BCUT2D eigenvalue weighted by Gasteiger charge is 2.43. The summed E-state index contributed by atoms with van der Waals surface area (Å²) in [6.07, 6.45) is -2.60. The number of fused-ring (bicyclic) bond motifs is 1. The summed E-state index contributed by atoms with van der Waals surface area (Å²) in [4.78, 5) is 37.0. The summed E-state index contributed by atoms with van der Waals surface area (Å²) in [5.41, 5.74) is -1.13. The number of nitrogens with one attached hydrogen (secondary N) is 1. The number of aromatic nitrogens is 2. The zero-order valence-corrected chi connectivity index (χ0v) is 19.7. The van der Waals surface area contributed by atoms with Gasteiger partial charge in [0.05, 0.1) is 11.9 Å². The predicted molar refractivity (Wildman–Crippen MR) is 123 cm³/mol. The number of carbonyl (C=O) groups is 2. The second-order valence-corrected chi connectivity index (χ2v) is 9.84. The maximum atomic E-state index is 13.6. The molecule has 3 saturated heterocycles. The molecule has 0 bridgehead atoms. The van der Waals surface area contributed by atoms with E-state index in [0.717, 1.165) is 12.8 Å². The number of hydrogen-bond donors (Lipinski definition) is 2. The molecule has 2 N–H and O–H groups in total. The van der Waals surface area contributed by atoms with E-state index >= 15 is 0 Å². The number of halogens is 3. The van der Waals surface area contributed by atoms with Gasteiger partial charge in [-0.2, -0.15) is 18.2 Å². The van der Waals surface area contributed by atoms with E-state index in [4.69, 9.17) is 9.52 Å². The van der Waals surface area contributed by atoms with Crippen LogP contribution in [0.25, 0.3) is 0 Å². The van der Waals surface area contributed by atoms with E-state index in [2.05, 4.69) is 15.3 Å². The Bertz CT molecular complexity index is 1120. The van der Waals surface area contributed by atoms with E-state index in [1.165, 1.54) is 11.1 Å². The number of nitrogens with zero attached hydrogens (tertiary/aromatic N) is 5. The van der Waals surface area contributed by atoms with Crippen LogP contribution >= 0.6 is 0 Å². The van der Waals surface area contributed by atoms with E-state index in [1.807, 2.05) is 11.8 Å². The number of amides is 2. The zero-order valence-electron chi connectivity index (χ0n) is 19.7. The van der Waals surface area contributed by atoms with Crippen molar-refractivity contribution in [1.29, 1.82) is 0 Å². The number of carboxylic acid groups (broad SMARTS) is 1. The number of alkyl halides is 3. The second-order valence-electron chi connectivity index (χ2n) is 9.84. The molecule has 0 radical (unpaired) electrons. The molecule has 36 heavy (non-hydrogen) atoms. The first kappa shape index (κ1) is 24.2. The molecular formula is C23H27F3N6O4. The number of likely N-dealkylation sites (tertiary alicyclic amines) is 1. The Labute approximate surface area is 205 Å². The Kier molecular flexibility index (Phi) is 6.17. The molecule has 2 aromatic heterocycles. The van der Waals surface area contributed by atoms with Crippen molar-refractivity contribution < 1.29 is 32.3 Å². The average molecular weight is 509 g/mol. The van der Waals surface area contributed by atoms with E-state index in [-0.39, 0.29) is 29.5 Å². The minimum atomic E-state index is -4.85. The Morgan fingerprint density at radius 1 is 1.11 bits per heavy atom. The van der Waals surface area contributed by atoms with Crippen LogP contribution in [0.4, 0.5) is 35.5 Å². The molecule has 0 aromatic carbocycles. The van der Waals surface area contributed by atoms with Gasteiger partial charge in [0.25, 0.3) is 11.9 Å². The van der Waals surface area contributed by atoms with Crippen molar-refractivity contribution in [1.82, 2.24) is 14.9 Å². The number of anilines is 3. The van der Waals surface area contributed by atoms with Crippen LogP contribution < -0.4 is 15.1 Å². The molecule has 5 heterocycles. The first-order chi connectivity index (χ1) is 17.1. The smallest absolute Gasteiger partial charge is 0.437 e. The molecular weight excluding hydrogens is 481 g/mol. The first-order valence-electron chi connectivity index (χ1n) is 11.9. The lowest BCUT2D eigenvalue weighted by molar-refractivity contribution is -0.141. The van der Waals surface area contributed by atoms with Crippen LogP contribution in [0.1, 0.15) is 36.0 Å². The fourth-order valence-electron chi connectivity index (χ4n) is 5.32. The maximum absolute atomic E-state index is 13.6. The van der Waals surface area contributed by atoms with Gasteiger partial charge >= 0.3 is 12.3 Å². The van der Waals surface area contributed by atoms with Gasteiger partial charge in [0, 0.05) is 51.1 Å². The van der Waals surface area contributed by atoms with Crippen LogP contribution in [0.5, 0.6) is 0 Å². The van der Waals surface area contributed by atoms with Crippen molar-refractivity contribution in [2.75, 3.05) is 54.4 Å². The lowest BCUT2D eigenvalue weighted by Crippen LogP contribution is -2.34. The highest BCUT2D eigenvalue weighted by Crippen LogP contribution is 2.36. The molecule has 2 aromatic rings. The fraction of sp³-hybridized carbons (Fsp3) is 0.565. The third-order valence-electron chi connectivity index (χ3n) is 7.10. The average Bonchev–Trinajstić information content (AvgIpc) is 3.53. The summed E-state index contributed by atoms with van der Waals surface area (Å²) in [6, 6.07) is 3.04. The predicted octanol–water partition coefficient (Wildman–Crippen LogP) is 3.62. The molecule has 3 unspecified atom stereocenters. The van der Waals surface area contributed by atoms with E-state index in [9.17, 15) is 22.8 Å². The van der Waals surface area contributed by atoms with Crippen molar-refractivity contribution in [2.45, 2.75) is 25.9 Å². The van der Waals surface area contributed by atoms with Crippen molar-refractivity contribution in [3.8, 4) is 0 Å². The highest BCUT2D eigenvalue weighted by atomic mass is 19.4. The highest BCUT2D eigenvalue weighted by molar-refractivity contribution is 6.03. The van der Waals surface area contributed by atoms with Gasteiger partial charge < -0.3 is 29.5 Å². The summed E-state index contributed by atoms with van der Waals surface area (Å²) >= 11 is 0. The molecule has 3 atom stereocenters. The summed E-state index contributed by atoms with van der Waals surface area (Å²) < 4.78 is 46.2. The fourth-order valence-corrected chi connectivity index (χ4v) is 5.32. The summed E-state index contributed by atoms with van der Waals surface area (Å²) in [5.74, 6) is -0.534. The summed E-state index contributed by atoms with van der Waals surface area (Å²) in [6.45, 7) is 5.33. The first-order valence-corrected chi connectivity index (χ1v) is 11.9. The minimum absolute atomic E-state index is 0.200. The van der Waals surface area contributed by atoms with E-state index < -0.39 is 29.6 Å². The molecule has 194 valence electrons. The van der Waals surface area contributed by atoms with Crippen LogP contribution in [0.15, 0.2) is 22.7 Å². The SMILES string of the molecule is CC1CCCN(c2nc(C(F)(F)F)c(C(=O)Nc3ccc(N4CC5CN(C(=O)O)CC5C4)nc3)o2)C1. The molecule has 3 fully saturated rings. The van der Waals surface area contributed by atoms with Crippen molar-refractivity contribution >= 4 is 29.5 Å². The van der Waals surface area contributed by atoms with Crippen molar-refractivity contribution in [3.63, 3.8) is 0 Å². The van der Waals surface area contributed by atoms with Gasteiger partial charge in [-0.25, -0.2) is 9.78 Å². The Balaban J connectivity index is 1.26. The summed E-state index contributed by atoms with van der Waals surface area (Å²) in [7, 11) is 0. The van der Waals surface area contributed by atoms with Crippen LogP contribution in [-0.2, 0) is 6.18 Å². The van der Waals surface area contributed by atoms with Gasteiger partial charge in [0.1, 0.15) is 5.82 Å². The molecule has 0 saturated carbocycles. The zero-order chi connectivity index (χ0) is 25.6. The van der Waals surface area contributed by atoms with Gasteiger partial charge in [-0.15, -0.1) is 0 Å². The number of carbonyl (C=O) groups excluding carboxylic acids is 1. The normalized spacial score (nSPS) is 24.2. The second kappa shape index (κ2) is 9.17.